The Kier molecular flexibility index (Phi) is 1.97. The molecule has 1 N–H and O–H groups in total. The lowest BCUT2D eigenvalue weighted by atomic mass is 9.89. The first-order valence-electron chi connectivity index (χ1n) is 5.36. The Bertz CT molecular complexity index is 391. The Morgan fingerprint density at radius 3 is 3.13 bits per heavy atom. The highest BCUT2D eigenvalue weighted by Gasteiger charge is 2.36. The van der Waals surface area contributed by atoms with Crippen LogP contribution in [0.1, 0.15) is 17.0 Å². The van der Waals surface area contributed by atoms with E-state index in [-0.39, 0.29) is 0 Å². The highest BCUT2D eigenvalue weighted by molar-refractivity contribution is 5.39. The molecule has 2 heterocycles. The topological polar surface area (TPSA) is 32.7 Å². The van der Waals surface area contributed by atoms with E-state index >= 15 is 0 Å². The van der Waals surface area contributed by atoms with Gasteiger partial charge in [-0.05, 0) is 30.3 Å². The van der Waals surface area contributed by atoms with Gasteiger partial charge < -0.3 is 14.7 Å². The maximum atomic E-state index is 9.41. The third kappa shape index (κ3) is 1.43. The molecule has 2 aliphatic heterocycles. The molecule has 0 aromatic heterocycles. The molecule has 3 nitrogen and oxygen atoms in total. The number of aromatic hydroxyl groups is 1. The fourth-order valence-corrected chi connectivity index (χ4v) is 2.71. The standard InChI is InChI=1S/C12H15NO2/c1-13-5-11-10-3-2-9(14)4-8(10)7-15-12(11)6-13/h2-4,11-12,14H,5-7H2,1H3/t11-,12-/m0/s1. The minimum atomic E-state index is 0.335. The summed E-state index contributed by atoms with van der Waals surface area (Å²) in [6.07, 6.45) is 0.340. The average molecular weight is 205 g/mol. The lowest BCUT2D eigenvalue weighted by Gasteiger charge is -2.27. The molecule has 15 heavy (non-hydrogen) atoms. The number of benzene rings is 1. The third-order valence-electron chi connectivity index (χ3n) is 3.43. The summed E-state index contributed by atoms with van der Waals surface area (Å²) in [5, 5.41) is 9.41. The van der Waals surface area contributed by atoms with Crippen molar-refractivity contribution in [1.29, 1.82) is 0 Å². The number of likely N-dealkylation sites (tertiary alicyclic amines) is 1. The van der Waals surface area contributed by atoms with Gasteiger partial charge in [-0.15, -0.1) is 0 Å². The van der Waals surface area contributed by atoms with Crippen LogP contribution in [-0.4, -0.2) is 36.2 Å². The van der Waals surface area contributed by atoms with Gasteiger partial charge in [0.25, 0.3) is 0 Å². The third-order valence-corrected chi connectivity index (χ3v) is 3.43. The van der Waals surface area contributed by atoms with E-state index in [0.29, 0.717) is 24.4 Å². The summed E-state index contributed by atoms with van der Waals surface area (Å²) in [5.74, 6) is 0.821. The molecular weight excluding hydrogens is 190 g/mol. The van der Waals surface area contributed by atoms with Crippen LogP contribution in [0, 0.1) is 0 Å². The van der Waals surface area contributed by atoms with Gasteiger partial charge in [0.05, 0.1) is 12.7 Å². The molecule has 1 fully saturated rings. The molecule has 2 aliphatic rings. The molecule has 0 aliphatic carbocycles. The van der Waals surface area contributed by atoms with E-state index in [0.717, 1.165) is 18.7 Å². The maximum Gasteiger partial charge on any atom is 0.115 e. The first kappa shape index (κ1) is 9.19. The fourth-order valence-electron chi connectivity index (χ4n) is 2.71. The van der Waals surface area contributed by atoms with E-state index in [1.54, 1.807) is 6.07 Å². The molecule has 3 rings (SSSR count). The van der Waals surface area contributed by atoms with E-state index in [9.17, 15) is 5.11 Å². The average Bonchev–Trinajstić information content (AvgIpc) is 2.58. The Labute approximate surface area is 89.3 Å². The number of ether oxygens (including phenoxy) is 1. The molecule has 0 spiro atoms. The van der Waals surface area contributed by atoms with Gasteiger partial charge in [-0.1, -0.05) is 6.07 Å². The summed E-state index contributed by atoms with van der Waals surface area (Å²) in [4.78, 5) is 2.30. The van der Waals surface area contributed by atoms with Crippen LogP contribution in [0.4, 0.5) is 0 Å². The van der Waals surface area contributed by atoms with Crippen LogP contribution >= 0.6 is 0 Å². The van der Waals surface area contributed by atoms with Gasteiger partial charge in [-0.3, -0.25) is 0 Å². The number of hydrogen-bond donors (Lipinski definition) is 1. The van der Waals surface area contributed by atoms with Crippen LogP contribution in [0.2, 0.25) is 0 Å². The Hall–Kier alpha value is -1.06. The molecule has 0 amide bonds. The van der Waals surface area contributed by atoms with Crippen LogP contribution in [0.25, 0.3) is 0 Å². The van der Waals surface area contributed by atoms with Crippen LogP contribution in [0.15, 0.2) is 18.2 Å². The van der Waals surface area contributed by atoms with Gasteiger partial charge in [0.15, 0.2) is 0 Å². The van der Waals surface area contributed by atoms with E-state index in [1.807, 2.05) is 12.1 Å². The minimum absolute atomic E-state index is 0.335. The fraction of sp³-hybridized carbons (Fsp3) is 0.500. The lowest BCUT2D eigenvalue weighted by molar-refractivity contribution is 0.0261. The van der Waals surface area contributed by atoms with Crippen molar-refractivity contribution in [2.75, 3.05) is 20.1 Å². The number of fused-ring (bicyclic) bond motifs is 3. The Morgan fingerprint density at radius 1 is 1.40 bits per heavy atom. The van der Waals surface area contributed by atoms with Crippen molar-refractivity contribution in [3.8, 4) is 5.75 Å². The second-order valence-corrected chi connectivity index (χ2v) is 4.56. The molecule has 80 valence electrons. The molecule has 1 aromatic carbocycles. The molecular formula is C12H15NO2. The van der Waals surface area contributed by atoms with Crippen molar-refractivity contribution in [3.05, 3.63) is 29.3 Å². The minimum Gasteiger partial charge on any atom is -0.508 e. The summed E-state index contributed by atoms with van der Waals surface area (Å²) in [5.41, 5.74) is 2.50. The zero-order chi connectivity index (χ0) is 10.4. The summed E-state index contributed by atoms with van der Waals surface area (Å²) < 4.78 is 5.80. The highest BCUT2D eigenvalue weighted by Crippen LogP contribution is 2.37. The molecule has 0 radical (unpaired) electrons. The first-order valence-corrected chi connectivity index (χ1v) is 5.36. The predicted molar refractivity (Wildman–Crippen MR) is 56.9 cm³/mol. The summed E-state index contributed by atoms with van der Waals surface area (Å²) in [6, 6.07) is 5.65. The molecule has 1 aromatic rings. The van der Waals surface area contributed by atoms with Crippen LogP contribution < -0.4 is 0 Å². The van der Waals surface area contributed by atoms with Gasteiger partial charge in [-0.25, -0.2) is 0 Å². The molecule has 1 saturated heterocycles. The monoisotopic (exact) mass is 205 g/mol. The first-order chi connectivity index (χ1) is 7.24. The zero-order valence-electron chi connectivity index (χ0n) is 8.81. The van der Waals surface area contributed by atoms with Crippen molar-refractivity contribution in [1.82, 2.24) is 4.90 Å². The van der Waals surface area contributed by atoms with Gasteiger partial charge in [-0.2, -0.15) is 0 Å². The van der Waals surface area contributed by atoms with Gasteiger partial charge in [0, 0.05) is 19.0 Å². The highest BCUT2D eigenvalue weighted by atomic mass is 16.5. The van der Waals surface area contributed by atoms with E-state index < -0.39 is 0 Å². The number of likely N-dealkylation sites (N-methyl/N-ethyl adjacent to an activating group) is 1. The van der Waals surface area contributed by atoms with Crippen molar-refractivity contribution < 1.29 is 9.84 Å². The molecule has 0 saturated carbocycles. The molecule has 3 heteroatoms. The second kappa shape index (κ2) is 3.22. The smallest absolute Gasteiger partial charge is 0.115 e. The Morgan fingerprint density at radius 2 is 2.27 bits per heavy atom. The second-order valence-electron chi connectivity index (χ2n) is 4.56. The van der Waals surface area contributed by atoms with Gasteiger partial charge in [0.2, 0.25) is 0 Å². The predicted octanol–water partition coefficient (Wildman–Crippen LogP) is 1.32. The molecule has 0 bridgehead atoms. The van der Waals surface area contributed by atoms with E-state index in [1.165, 1.54) is 5.56 Å². The summed E-state index contributed by atoms with van der Waals surface area (Å²) in [6.45, 7) is 2.71. The number of phenols is 1. The molecule has 0 unspecified atom stereocenters. The van der Waals surface area contributed by atoms with Crippen molar-refractivity contribution in [3.63, 3.8) is 0 Å². The summed E-state index contributed by atoms with van der Waals surface area (Å²) >= 11 is 0. The van der Waals surface area contributed by atoms with Crippen molar-refractivity contribution >= 4 is 0 Å². The Balaban J connectivity index is 2.01. The number of hydrogen-bond acceptors (Lipinski definition) is 3. The van der Waals surface area contributed by atoms with Gasteiger partial charge in [0.1, 0.15) is 5.75 Å². The molecule has 2 atom stereocenters. The number of phenolic OH excluding ortho intramolecular Hbond substituents is 1. The van der Waals surface area contributed by atoms with Crippen LogP contribution in [0.5, 0.6) is 5.75 Å². The maximum absolute atomic E-state index is 9.41. The largest absolute Gasteiger partial charge is 0.508 e. The summed E-state index contributed by atoms with van der Waals surface area (Å²) in [7, 11) is 2.13. The van der Waals surface area contributed by atoms with E-state index in [4.69, 9.17) is 4.74 Å². The zero-order valence-corrected chi connectivity index (χ0v) is 8.81. The van der Waals surface area contributed by atoms with E-state index in [2.05, 4.69) is 11.9 Å². The lowest BCUT2D eigenvalue weighted by Crippen LogP contribution is -2.26. The quantitative estimate of drug-likeness (QED) is 0.693. The number of nitrogens with zero attached hydrogens (tertiary/aromatic N) is 1. The van der Waals surface area contributed by atoms with Crippen LogP contribution in [0.3, 0.4) is 0 Å². The van der Waals surface area contributed by atoms with Gasteiger partial charge >= 0.3 is 0 Å². The SMILES string of the molecule is CN1C[C@@H]2OCc3cc(O)ccc3[C@@H]2C1. The van der Waals surface area contributed by atoms with Crippen LogP contribution in [-0.2, 0) is 11.3 Å². The van der Waals surface area contributed by atoms with Crippen molar-refractivity contribution in [2.24, 2.45) is 0 Å². The number of rotatable bonds is 0. The van der Waals surface area contributed by atoms with Crippen molar-refractivity contribution in [2.45, 2.75) is 18.6 Å². The normalized spacial score (nSPS) is 29.9.